The van der Waals surface area contributed by atoms with Crippen LogP contribution in [0.5, 0.6) is 0 Å². The summed E-state index contributed by atoms with van der Waals surface area (Å²) in [6.45, 7) is 0.642. The van der Waals surface area contributed by atoms with Crippen LogP contribution in [0, 0.1) is 0 Å². The summed E-state index contributed by atoms with van der Waals surface area (Å²) in [7, 11) is 0. The quantitative estimate of drug-likeness (QED) is 0.420. The van der Waals surface area contributed by atoms with Crippen molar-refractivity contribution in [2.75, 3.05) is 13.2 Å². The van der Waals surface area contributed by atoms with Crippen LogP contribution in [0.2, 0.25) is 0 Å². The highest BCUT2D eigenvalue weighted by atomic mass is 16.5. The number of carbonyl (C=O) groups excluding carboxylic acids is 1. The maximum absolute atomic E-state index is 12.3. The largest absolute Gasteiger partial charge is 0.449 e. The zero-order valence-corrected chi connectivity index (χ0v) is 18.2. The number of hydrogen-bond donors (Lipinski definition) is 2. The lowest BCUT2D eigenvalue weighted by molar-refractivity contribution is 0.143. The van der Waals surface area contributed by atoms with E-state index < -0.39 is 17.5 Å². The van der Waals surface area contributed by atoms with Crippen LogP contribution in [-0.2, 0) is 4.74 Å². The number of carbonyl (C=O) groups is 1. The van der Waals surface area contributed by atoms with E-state index in [0.717, 1.165) is 0 Å². The van der Waals surface area contributed by atoms with Crippen LogP contribution < -0.4 is 16.7 Å². The molecule has 1 aromatic heterocycles. The lowest BCUT2D eigenvalue weighted by Crippen LogP contribution is -2.26. The Bertz CT molecular complexity index is 1470. The molecular weight excluding hydrogens is 432 g/mol. The molecule has 3 aromatic carbocycles. The van der Waals surface area contributed by atoms with E-state index in [1.54, 1.807) is 24.3 Å². The highest BCUT2D eigenvalue weighted by Crippen LogP contribution is 2.44. The number of aromatic amines is 1. The van der Waals surface area contributed by atoms with Gasteiger partial charge >= 0.3 is 17.5 Å². The van der Waals surface area contributed by atoms with Crippen molar-refractivity contribution in [3.63, 3.8) is 0 Å². The lowest BCUT2D eigenvalue weighted by atomic mass is 9.98. The van der Waals surface area contributed by atoms with Crippen molar-refractivity contribution in [3.05, 3.63) is 110 Å². The summed E-state index contributed by atoms with van der Waals surface area (Å²) >= 11 is 0. The minimum Gasteiger partial charge on any atom is -0.449 e. The topological polar surface area (TPSA) is 101 Å². The molecule has 1 aliphatic rings. The van der Waals surface area contributed by atoms with Gasteiger partial charge in [0.05, 0.1) is 10.9 Å². The molecule has 0 fully saturated rings. The van der Waals surface area contributed by atoms with Crippen molar-refractivity contribution in [2.24, 2.45) is 0 Å². The van der Waals surface area contributed by atoms with Gasteiger partial charge in [-0.1, -0.05) is 72.8 Å². The first-order chi connectivity index (χ1) is 16.6. The van der Waals surface area contributed by atoms with E-state index in [-0.39, 0.29) is 12.5 Å². The van der Waals surface area contributed by atoms with Gasteiger partial charge in [-0.2, -0.15) is 0 Å². The van der Waals surface area contributed by atoms with Gasteiger partial charge in [0.2, 0.25) is 0 Å². The van der Waals surface area contributed by atoms with Crippen LogP contribution in [0.25, 0.3) is 28.1 Å². The van der Waals surface area contributed by atoms with Crippen molar-refractivity contribution in [2.45, 2.75) is 12.3 Å². The zero-order chi connectivity index (χ0) is 23.5. The Kier molecular flexibility index (Phi) is 5.82. The molecule has 4 aromatic rings. The highest BCUT2D eigenvalue weighted by Gasteiger charge is 2.28. The summed E-state index contributed by atoms with van der Waals surface area (Å²) in [5, 5.41) is 3.06. The number of alkyl carbamates (subject to hydrolysis) is 1. The molecule has 5 rings (SSSR count). The van der Waals surface area contributed by atoms with E-state index in [1.807, 2.05) is 30.3 Å². The number of ether oxygens (including phenoxy) is 1. The van der Waals surface area contributed by atoms with E-state index >= 15 is 0 Å². The number of benzene rings is 3. The fourth-order valence-electron chi connectivity index (χ4n) is 4.43. The minimum absolute atomic E-state index is 0.0163. The molecule has 0 spiro atoms. The molecule has 0 atom stereocenters. The van der Waals surface area contributed by atoms with Crippen LogP contribution in [-0.4, -0.2) is 24.2 Å². The first-order valence-corrected chi connectivity index (χ1v) is 11.0. The lowest BCUT2D eigenvalue weighted by Gasteiger charge is -2.14. The molecule has 0 saturated carbocycles. The average molecular weight is 454 g/mol. The van der Waals surface area contributed by atoms with Gasteiger partial charge in [0.15, 0.2) is 0 Å². The number of nitrogens with one attached hydrogen (secondary N) is 2. The van der Waals surface area contributed by atoms with Gasteiger partial charge in [0.25, 0.3) is 0 Å². The Balaban J connectivity index is 1.16. The summed E-state index contributed by atoms with van der Waals surface area (Å²) in [6.07, 6.45) is 3.66. The van der Waals surface area contributed by atoms with E-state index in [0.29, 0.717) is 29.4 Å². The van der Waals surface area contributed by atoms with Crippen molar-refractivity contribution in [1.29, 1.82) is 0 Å². The van der Waals surface area contributed by atoms with E-state index in [2.05, 4.69) is 39.0 Å². The third kappa shape index (κ3) is 4.15. The third-order valence-corrected chi connectivity index (χ3v) is 5.94. The third-order valence-electron chi connectivity index (χ3n) is 5.94. The first-order valence-electron chi connectivity index (χ1n) is 11.0. The number of rotatable bonds is 6. The van der Waals surface area contributed by atoms with E-state index in [1.165, 1.54) is 22.3 Å². The number of aromatic nitrogens is 1. The second kappa shape index (κ2) is 9.23. The SMILES string of the molecule is O=C(NCCC=Cc1cccc2[nH]c(=O)oc(=O)c12)OCC1c2ccccc2-c2ccccc21. The predicted molar refractivity (Wildman–Crippen MR) is 130 cm³/mol. The van der Waals surface area contributed by atoms with Crippen LogP contribution >= 0.6 is 0 Å². The number of amides is 1. The van der Waals surface area contributed by atoms with Gasteiger partial charge in [-0.15, -0.1) is 0 Å². The number of fused-ring (bicyclic) bond motifs is 4. The van der Waals surface area contributed by atoms with Gasteiger partial charge in [-0.3, -0.25) is 4.98 Å². The molecule has 7 heteroatoms. The fourth-order valence-corrected chi connectivity index (χ4v) is 4.43. The molecule has 2 N–H and O–H groups in total. The van der Waals surface area contributed by atoms with Crippen molar-refractivity contribution >= 4 is 23.1 Å². The Morgan fingerprint density at radius 1 is 0.971 bits per heavy atom. The molecule has 0 saturated heterocycles. The molecule has 0 aliphatic heterocycles. The molecule has 170 valence electrons. The van der Waals surface area contributed by atoms with Crippen LogP contribution in [0.15, 0.2) is 86.8 Å². The standard InChI is InChI=1S/C27H22N2O5/c30-25-24-17(9-7-14-23(24)29-27(32)34-25)8-5-6-15-28-26(31)33-16-22-20-12-3-1-10-18(20)19-11-2-4-13-21(19)22/h1-5,7-14,22H,6,15-16H2,(H,28,31)(H,29,32). The normalized spacial score (nSPS) is 12.6. The van der Waals surface area contributed by atoms with Gasteiger partial charge in [-0.25, -0.2) is 14.4 Å². The summed E-state index contributed by atoms with van der Waals surface area (Å²) < 4.78 is 10.2. The molecule has 1 heterocycles. The van der Waals surface area contributed by atoms with Crippen LogP contribution in [0.1, 0.15) is 29.0 Å². The Morgan fingerprint density at radius 3 is 2.41 bits per heavy atom. The van der Waals surface area contributed by atoms with Crippen molar-refractivity contribution in [3.8, 4) is 11.1 Å². The molecular formula is C27H22N2O5. The van der Waals surface area contributed by atoms with Crippen molar-refractivity contribution in [1.82, 2.24) is 10.3 Å². The van der Waals surface area contributed by atoms with Crippen molar-refractivity contribution < 1.29 is 13.9 Å². The summed E-state index contributed by atoms with van der Waals surface area (Å²) in [6, 6.07) is 21.5. The molecule has 0 bridgehead atoms. The smallest absolute Gasteiger partial charge is 0.419 e. The minimum atomic E-state index is -0.786. The Labute approximate surface area is 194 Å². The Hall–Kier alpha value is -4.39. The highest BCUT2D eigenvalue weighted by molar-refractivity contribution is 5.86. The fraction of sp³-hybridized carbons (Fsp3) is 0.148. The van der Waals surface area contributed by atoms with Gasteiger partial charge in [0.1, 0.15) is 6.61 Å². The molecule has 7 nitrogen and oxygen atoms in total. The van der Waals surface area contributed by atoms with Crippen LogP contribution in [0.3, 0.4) is 0 Å². The van der Waals surface area contributed by atoms with Gasteiger partial charge < -0.3 is 14.5 Å². The second-order valence-electron chi connectivity index (χ2n) is 8.02. The molecule has 0 radical (unpaired) electrons. The molecule has 1 amide bonds. The predicted octanol–water partition coefficient (Wildman–Crippen LogP) is 4.42. The maximum atomic E-state index is 12.3. The number of H-pyrrole nitrogens is 1. The monoisotopic (exact) mass is 454 g/mol. The summed E-state index contributed by atoms with van der Waals surface area (Å²) in [5.74, 6) is -0.770. The van der Waals surface area contributed by atoms with E-state index in [9.17, 15) is 14.4 Å². The average Bonchev–Trinajstić information content (AvgIpc) is 3.16. The first kappa shape index (κ1) is 21.5. The molecule has 1 aliphatic carbocycles. The van der Waals surface area contributed by atoms with E-state index in [4.69, 9.17) is 4.74 Å². The van der Waals surface area contributed by atoms with Gasteiger partial charge in [0, 0.05) is 12.5 Å². The molecule has 0 unspecified atom stereocenters. The number of hydrogen-bond acceptors (Lipinski definition) is 5. The van der Waals surface area contributed by atoms with Gasteiger partial charge in [-0.05, 0) is 40.3 Å². The molecule has 34 heavy (non-hydrogen) atoms. The Morgan fingerprint density at radius 2 is 1.68 bits per heavy atom. The summed E-state index contributed by atoms with van der Waals surface area (Å²) in [5.41, 5.74) is 5.06. The second-order valence-corrected chi connectivity index (χ2v) is 8.02. The maximum Gasteiger partial charge on any atom is 0.419 e. The van der Waals surface area contributed by atoms with Crippen LogP contribution in [0.4, 0.5) is 4.79 Å². The summed E-state index contributed by atoms with van der Waals surface area (Å²) in [4.78, 5) is 38.2. The zero-order valence-electron chi connectivity index (χ0n) is 18.2.